The summed E-state index contributed by atoms with van der Waals surface area (Å²) in [6, 6.07) is 14.7. The number of carbonyl (C=O) groups excluding carboxylic acids is 2. The Kier molecular flexibility index (Phi) is 4.92. The molecule has 6 heteroatoms. The topological polar surface area (TPSA) is 70.1 Å². The van der Waals surface area contributed by atoms with Crippen LogP contribution in [-0.2, 0) is 6.54 Å². The van der Waals surface area contributed by atoms with E-state index in [0.29, 0.717) is 17.7 Å². The number of benzene rings is 2. The summed E-state index contributed by atoms with van der Waals surface area (Å²) >= 11 is 0. The second-order valence-corrected chi connectivity index (χ2v) is 6.92. The molecule has 0 aliphatic carbocycles. The van der Waals surface area contributed by atoms with E-state index in [2.05, 4.69) is 4.90 Å². The number of likely N-dealkylation sites (tertiary alicyclic amines) is 1. The van der Waals surface area contributed by atoms with Crippen LogP contribution in [0.15, 0.2) is 48.5 Å². The number of ether oxygens (including phenoxy) is 1. The van der Waals surface area contributed by atoms with E-state index in [-0.39, 0.29) is 31.1 Å². The molecule has 0 spiro atoms. The van der Waals surface area contributed by atoms with E-state index in [4.69, 9.17) is 9.84 Å². The van der Waals surface area contributed by atoms with Gasteiger partial charge in [0, 0.05) is 19.6 Å². The van der Waals surface area contributed by atoms with Crippen molar-refractivity contribution in [3.8, 4) is 5.75 Å². The van der Waals surface area contributed by atoms with Gasteiger partial charge in [0.05, 0.1) is 23.8 Å². The molecule has 27 heavy (non-hydrogen) atoms. The van der Waals surface area contributed by atoms with Crippen molar-refractivity contribution in [1.82, 2.24) is 9.80 Å². The Morgan fingerprint density at radius 3 is 2.30 bits per heavy atom. The van der Waals surface area contributed by atoms with Crippen molar-refractivity contribution in [3.63, 3.8) is 0 Å². The lowest BCUT2D eigenvalue weighted by Crippen LogP contribution is -2.41. The highest BCUT2D eigenvalue weighted by molar-refractivity contribution is 6.21. The van der Waals surface area contributed by atoms with Crippen LogP contribution in [0, 0.1) is 0 Å². The Bertz CT molecular complexity index is 815. The van der Waals surface area contributed by atoms with Crippen LogP contribution in [0.3, 0.4) is 0 Å². The van der Waals surface area contributed by atoms with Crippen LogP contribution in [0.5, 0.6) is 5.75 Å². The molecule has 1 N–H and O–H groups in total. The Labute approximate surface area is 158 Å². The predicted octanol–water partition coefficient (Wildman–Crippen LogP) is 1.93. The van der Waals surface area contributed by atoms with Gasteiger partial charge in [0.15, 0.2) is 0 Å². The van der Waals surface area contributed by atoms with Gasteiger partial charge in [0.2, 0.25) is 0 Å². The van der Waals surface area contributed by atoms with Crippen molar-refractivity contribution in [2.75, 3.05) is 26.3 Å². The monoisotopic (exact) mass is 366 g/mol. The van der Waals surface area contributed by atoms with Gasteiger partial charge in [-0.2, -0.15) is 0 Å². The summed E-state index contributed by atoms with van der Waals surface area (Å²) in [5.41, 5.74) is 2.17. The molecule has 2 aliphatic rings. The van der Waals surface area contributed by atoms with Crippen molar-refractivity contribution < 1.29 is 19.4 Å². The molecule has 1 atom stereocenters. The zero-order valence-electron chi connectivity index (χ0n) is 15.0. The summed E-state index contributed by atoms with van der Waals surface area (Å²) in [5, 5.41) is 8.80. The number of imide groups is 1. The van der Waals surface area contributed by atoms with Crippen LogP contribution in [0.1, 0.15) is 32.7 Å². The maximum absolute atomic E-state index is 12.6. The van der Waals surface area contributed by atoms with Crippen molar-refractivity contribution in [2.24, 2.45) is 0 Å². The lowest BCUT2D eigenvalue weighted by Gasteiger charge is -2.22. The van der Waals surface area contributed by atoms with Gasteiger partial charge >= 0.3 is 0 Å². The van der Waals surface area contributed by atoms with E-state index in [0.717, 1.165) is 30.8 Å². The van der Waals surface area contributed by atoms with E-state index >= 15 is 0 Å². The maximum atomic E-state index is 12.6. The van der Waals surface area contributed by atoms with Gasteiger partial charge in [0.1, 0.15) is 12.4 Å². The van der Waals surface area contributed by atoms with E-state index in [9.17, 15) is 9.59 Å². The lowest BCUT2D eigenvalue weighted by molar-refractivity contribution is 0.0588. The molecule has 0 radical (unpaired) electrons. The summed E-state index contributed by atoms with van der Waals surface area (Å²) in [4.78, 5) is 29.0. The molecule has 6 nitrogen and oxygen atoms in total. The third kappa shape index (κ3) is 3.46. The molecule has 2 heterocycles. The molecule has 4 rings (SSSR count). The number of hydrogen-bond donors (Lipinski definition) is 1. The van der Waals surface area contributed by atoms with Crippen molar-refractivity contribution in [2.45, 2.75) is 19.0 Å². The number of aliphatic hydroxyl groups is 1. The third-order valence-corrected chi connectivity index (χ3v) is 5.13. The molecular weight excluding hydrogens is 344 g/mol. The van der Waals surface area contributed by atoms with Crippen LogP contribution >= 0.6 is 0 Å². The standard InChI is InChI=1S/C21H22N2O4/c24-11-12-27-17-7-5-15(6-8-17)13-22-10-9-16(14-22)23-20(25)18-3-1-2-4-19(18)21(23)26/h1-8,16,24H,9-14H2/t16-/m0/s1. The first-order chi connectivity index (χ1) is 13.2. The normalized spacial score (nSPS) is 19.6. The number of fused-ring (bicyclic) bond motifs is 1. The molecule has 0 saturated carbocycles. The average Bonchev–Trinajstić information content (AvgIpc) is 3.24. The highest BCUT2D eigenvalue weighted by atomic mass is 16.5. The van der Waals surface area contributed by atoms with E-state index < -0.39 is 0 Å². The van der Waals surface area contributed by atoms with Crippen molar-refractivity contribution >= 4 is 11.8 Å². The highest BCUT2D eigenvalue weighted by Gasteiger charge is 2.41. The lowest BCUT2D eigenvalue weighted by atomic mass is 10.1. The number of nitrogens with zero attached hydrogens (tertiary/aromatic N) is 2. The summed E-state index contributed by atoms with van der Waals surface area (Å²) in [7, 11) is 0. The summed E-state index contributed by atoms with van der Waals surface area (Å²) in [6.07, 6.45) is 0.795. The van der Waals surface area contributed by atoms with Crippen LogP contribution < -0.4 is 4.74 Å². The maximum Gasteiger partial charge on any atom is 0.261 e. The molecule has 2 aromatic carbocycles. The van der Waals surface area contributed by atoms with Crippen molar-refractivity contribution in [1.29, 1.82) is 0 Å². The molecule has 0 aromatic heterocycles. The SMILES string of the molecule is O=C1c2ccccc2C(=O)N1[C@H]1CCN(Cc2ccc(OCCO)cc2)C1. The number of hydrogen-bond acceptors (Lipinski definition) is 5. The molecule has 2 aliphatic heterocycles. The van der Waals surface area contributed by atoms with Crippen LogP contribution in [0.4, 0.5) is 0 Å². The summed E-state index contributed by atoms with van der Waals surface area (Å²) in [6.45, 7) is 2.58. The average molecular weight is 366 g/mol. The second kappa shape index (κ2) is 7.50. The van der Waals surface area contributed by atoms with Gasteiger partial charge in [-0.1, -0.05) is 24.3 Å². The van der Waals surface area contributed by atoms with Gasteiger partial charge in [-0.15, -0.1) is 0 Å². The number of carbonyl (C=O) groups is 2. The largest absolute Gasteiger partial charge is 0.491 e. The van der Waals surface area contributed by atoms with E-state index in [1.807, 2.05) is 24.3 Å². The van der Waals surface area contributed by atoms with Gasteiger partial charge in [0.25, 0.3) is 11.8 Å². The summed E-state index contributed by atoms with van der Waals surface area (Å²) < 4.78 is 5.37. The van der Waals surface area contributed by atoms with Gasteiger partial charge in [-0.05, 0) is 36.2 Å². The van der Waals surface area contributed by atoms with Gasteiger partial charge in [-0.3, -0.25) is 19.4 Å². The summed E-state index contributed by atoms with van der Waals surface area (Å²) in [5.74, 6) is 0.388. The molecule has 2 amide bonds. The minimum Gasteiger partial charge on any atom is -0.491 e. The molecule has 2 aromatic rings. The smallest absolute Gasteiger partial charge is 0.261 e. The first kappa shape index (κ1) is 17.7. The van der Waals surface area contributed by atoms with Crippen LogP contribution in [0.25, 0.3) is 0 Å². The second-order valence-electron chi connectivity index (χ2n) is 6.92. The molecular formula is C21H22N2O4. The van der Waals surface area contributed by atoms with Crippen LogP contribution in [0.2, 0.25) is 0 Å². The molecule has 140 valence electrons. The fraction of sp³-hybridized carbons (Fsp3) is 0.333. The Balaban J connectivity index is 1.38. The molecule has 1 fully saturated rings. The quantitative estimate of drug-likeness (QED) is 0.791. The molecule has 0 unspecified atom stereocenters. The number of aliphatic hydroxyl groups excluding tert-OH is 1. The first-order valence-corrected chi connectivity index (χ1v) is 9.19. The number of rotatable bonds is 6. The third-order valence-electron chi connectivity index (χ3n) is 5.13. The van der Waals surface area contributed by atoms with E-state index in [1.54, 1.807) is 24.3 Å². The fourth-order valence-electron chi connectivity index (χ4n) is 3.82. The fourth-order valence-corrected chi connectivity index (χ4v) is 3.82. The zero-order chi connectivity index (χ0) is 18.8. The first-order valence-electron chi connectivity index (χ1n) is 9.19. The van der Waals surface area contributed by atoms with E-state index in [1.165, 1.54) is 4.90 Å². The molecule has 1 saturated heterocycles. The minimum absolute atomic E-state index is 0.00523. The Hall–Kier alpha value is -2.70. The number of amides is 2. The minimum atomic E-state index is -0.173. The van der Waals surface area contributed by atoms with Gasteiger partial charge in [-0.25, -0.2) is 0 Å². The zero-order valence-corrected chi connectivity index (χ0v) is 15.0. The predicted molar refractivity (Wildman–Crippen MR) is 99.6 cm³/mol. The van der Waals surface area contributed by atoms with Crippen LogP contribution in [-0.4, -0.2) is 59.1 Å². The van der Waals surface area contributed by atoms with Crippen molar-refractivity contribution in [3.05, 3.63) is 65.2 Å². The van der Waals surface area contributed by atoms with Gasteiger partial charge < -0.3 is 9.84 Å². The Morgan fingerprint density at radius 2 is 1.67 bits per heavy atom. The Morgan fingerprint density at radius 1 is 1.00 bits per heavy atom. The highest BCUT2D eigenvalue weighted by Crippen LogP contribution is 2.28. The molecule has 0 bridgehead atoms.